The predicted octanol–water partition coefficient (Wildman–Crippen LogP) is 2.26. The molecule has 0 fully saturated rings. The van der Waals surface area contributed by atoms with Crippen molar-refractivity contribution in [2.45, 2.75) is 26.8 Å². The van der Waals surface area contributed by atoms with E-state index in [0.29, 0.717) is 22.7 Å². The summed E-state index contributed by atoms with van der Waals surface area (Å²) < 4.78 is 5.25. The molecular formula is C19H23N2O3S+. The van der Waals surface area contributed by atoms with Crippen LogP contribution >= 0.6 is 11.3 Å². The molecule has 0 spiro atoms. The number of carbonyl (C=O) groups excluding carboxylic acids is 1. The van der Waals surface area contributed by atoms with Crippen molar-refractivity contribution in [2.24, 2.45) is 4.99 Å². The van der Waals surface area contributed by atoms with Crippen molar-refractivity contribution in [2.75, 3.05) is 20.2 Å². The first-order valence-corrected chi connectivity index (χ1v) is 9.28. The van der Waals surface area contributed by atoms with Crippen LogP contribution in [0.2, 0.25) is 0 Å². The summed E-state index contributed by atoms with van der Waals surface area (Å²) in [5, 5.41) is 10.7. The number of aryl methyl sites for hydroxylation is 1. The van der Waals surface area contributed by atoms with Crippen LogP contribution in [-0.4, -0.2) is 37.5 Å². The maximum absolute atomic E-state index is 12.5. The molecule has 2 N–H and O–H groups in total. The van der Waals surface area contributed by atoms with Crippen molar-refractivity contribution in [3.63, 3.8) is 0 Å². The van der Waals surface area contributed by atoms with E-state index in [1.807, 2.05) is 26.0 Å². The fourth-order valence-electron chi connectivity index (χ4n) is 3.00. The van der Waals surface area contributed by atoms with E-state index in [1.54, 1.807) is 23.6 Å². The summed E-state index contributed by atoms with van der Waals surface area (Å²) in [5.74, 6) is -0.119. The van der Waals surface area contributed by atoms with E-state index in [4.69, 9.17) is 4.74 Å². The maximum atomic E-state index is 12.5. The van der Waals surface area contributed by atoms with Crippen LogP contribution in [0.3, 0.4) is 0 Å². The van der Waals surface area contributed by atoms with Crippen molar-refractivity contribution in [3.05, 3.63) is 45.3 Å². The van der Waals surface area contributed by atoms with Gasteiger partial charge in [0.05, 0.1) is 25.1 Å². The van der Waals surface area contributed by atoms with Gasteiger partial charge in [-0.3, -0.25) is 0 Å². The molecule has 0 bridgehead atoms. The number of nitrogens with zero attached hydrogens (tertiary/aromatic N) is 1. The molecule has 0 amide bonds. The Morgan fingerprint density at radius 1 is 1.48 bits per heavy atom. The van der Waals surface area contributed by atoms with Crippen molar-refractivity contribution in [1.82, 2.24) is 0 Å². The van der Waals surface area contributed by atoms with Gasteiger partial charge in [-0.05, 0) is 37.1 Å². The summed E-state index contributed by atoms with van der Waals surface area (Å²) >= 11 is 1.55. The third-order valence-electron chi connectivity index (χ3n) is 4.32. The number of likely N-dealkylation sites (N-methyl/N-ethyl adjacent to an activating group) is 1. The first-order valence-electron chi connectivity index (χ1n) is 8.46. The van der Waals surface area contributed by atoms with E-state index in [0.717, 1.165) is 30.6 Å². The second kappa shape index (κ2) is 7.37. The molecule has 0 aliphatic carbocycles. The molecule has 0 saturated heterocycles. The Hall–Kier alpha value is -2.18. The molecule has 0 radical (unpaired) electrons. The van der Waals surface area contributed by atoms with E-state index >= 15 is 0 Å². The number of aromatic hydroxyl groups is 1. The number of phenolic OH excluding ortho intramolecular Hbond substituents is 1. The smallest absolute Gasteiger partial charge is 0.341 e. The van der Waals surface area contributed by atoms with Gasteiger partial charge in [-0.15, -0.1) is 11.3 Å². The first-order chi connectivity index (χ1) is 12.0. The zero-order valence-corrected chi connectivity index (χ0v) is 15.6. The highest BCUT2D eigenvalue weighted by molar-refractivity contribution is 7.16. The van der Waals surface area contributed by atoms with E-state index < -0.39 is 0 Å². The largest absolute Gasteiger partial charge is 0.507 e. The Labute approximate surface area is 151 Å². The highest BCUT2D eigenvalue weighted by Gasteiger charge is 2.29. The molecule has 2 heterocycles. The number of rotatable bonds is 4. The van der Waals surface area contributed by atoms with Crippen molar-refractivity contribution in [3.8, 4) is 5.75 Å². The lowest BCUT2D eigenvalue weighted by molar-refractivity contribution is -0.895. The third kappa shape index (κ3) is 3.75. The van der Waals surface area contributed by atoms with Gasteiger partial charge < -0.3 is 14.7 Å². The highest BCUT2D eigenvalue weighted by atomic mass is 32.1. The van der Waals surface area contributed by atoms with Crippen LogP contribution in [0, 0.1) is 6.92 Å². The summed E-state index contributed by atoms with van der Waals surface area (Å²) in [4.78, 5) is 19.6. The van der Waals surface area contributed by atoms with Crippen LogP contribution in [-0.2, 0) is 17.7 Å². The molecule has 1 atom stereocenters. The first kappa shape index (κ1) is 17.6. The number of thiophene rings is 1. The Kier molecular flexibility index (Phi) is 5.20. The Bertz CT molecular complexity index is 826. The minimum atomic E-state index is -0.306. The molecule has 1 aromatic carbocycles. The van der Waals surface area contributed by atoms with Gasteiger partial charge in [0.25, 0.3) is 0 Å². The molecule has 1 aliphatic rings. The van der Waals surface area contributed by atoms with Gasteiger partial charge in [-0.1, -0.05) is 6.07 Å². The summed E-state index contributed by atoms with van der Waals surface area (Å²) in [6.07, 6.45) is 2.47. The van der Waals surface area contributed by atoms with Crippen molar-refractivity contribution in [1.29, 1.82) is 0 Å². The lowest BCUT2D eigenvalue weighted by atomic mass is 10.0. The number of ether oxygens (including phenoxy) is 1. The van der Waals surface area contributed by atoms with Gasteiger partial charge in [0.15, 0.2) is 0 Å². The summed E-state index contributed by atoms with van der Waals surface area (Å²) in [7, 11) is 2.15. The SMILES string of the molecule is CCOC(=O)c1c(/N=C/c2ccc(C)cc2O)sc2c1CC[NH+](C)C2. The molecule has 1 aromatic heterocycles. The molecular weight excluding hydrogens is 336 g/mol. The second-order valence-electron chi connectivity index (χ2n) is 6.36. The average molecular weight is 359 g/mol. The fourth-order valence-corrected chi connectivity index (χ4v) is 4.29. The predicted molar refractivity (Wildman–Crippen MR) is 99.5 cm³/mol. The van der Waals surface area contributed by atoms with Gasteiger partial charge in [0.1, 0.15) is 22.9 Å². The van der Waals surface area contributed by atoms with Gasteiger partial charge in [0, 0.05) is 18.2 Å². The lowest BCUT2D eigenvalue weighted by Gasteiger charge is -2.19. The number of benzene rings is 1. The number of quaternary nitrogens is 1. The van der Waals surface area contributed by atoms with E-state index in [-0.39, 0.29) is 11.7 Å². The topological polar surface area (TPSA) is 63.3 Å². The average Bonchev–Trinajstić information content (AvgIpc) is 2.91. The number of carbonyl (C=O) groups is 1. The number of hydrogen-bond donors (Lipinski definition) is 2. The van der Waals surface area contributed by atoms with Crippen LogP contribution < -0.4 is 4.90 Å². The molecule has 1 aliphatic heterocycles. The second-order valence-corrected chi connectivity index (χ2v) is 7.44. The summed E-state index contributed by atoms with van der Waals surface area (Å²) in [6, 6.07) is 5.44. The normalized spacial score (nSPS) is 16.8. The van der Waals surface area contributed by atoms with Crippen molar-refractivity contribution < 1.29 is 19.5 Å². The number of nitrogens with one attached hydrogen (secondary N) is 1. The van der Waals surface area contributed by atoms with Crippen LogP contribution in [0.15, 0.2) is 23.2 Å². The standard InChI is InChI=1S/C19H22N2O3S/c1-4-24-19(23)17-14-7-8-21(3)11-16(14)25-18(17)20-10-13-6-5-12(2)9-15(13)22/h5-6,9-10,22H,4,7-8,11H2,1-3H3/p+1/b20-10+. The van der Waals surface area contributed by atoms with Crippen molar-refractivity contribution >= 4 is 28.5 Å². The molecule has 1 unspecified atom stereocenters. The quantitative estimate of drug-likeness (QED) is 0.650. The highest BCUT2D eigenvalue weighted by Crippen LogP contribution is 2.37. The van der Waals surface area contributed by atoms with Crippen LogP contribution in [0.1, 0.15) is 38.8 Å². The van der Waals surface area contributed by atoms with Crippen LogP contribution in [0.25, 0.3) is 0 Å². The Morgan fingerprint density at radius 3 is 3.00 bits per heavy atom. The van der Waals surface area contributed by atoms with Gasteiger partial charge in [0.2, 0.25) is 0 Å². The molecule has 25 heavy (non-hydrogen) atoms. The molecule has 5 nitrogen and oxygen atoms in total. The molecule has 3 rings (SSSR count). The molecule has 132 valence electrons. The fraction of sp³-hybridized carbons (Fsp3) is 0.368. The minimum Gasteiger partial charge on any atom is -0.507 e. The van der Waals surface area contributed by atoms with E-state index in [1.165, 1.54) is 9.78 Å². The Balaban J connectivity index is 1.99. The van der Waals surface area contributed by atoms with Gasteiger partial charge in [-0.2, -0.15) is 0 Å². The van der Waals surface area contributed by atoms with Gasteiger partial charge in [-0.25, -0.2) is 9.79 Å². The molecule has 2 aromatic rings. The monoisotopic (exact) mass is 359 g/mol. The molecule has 6 heteroatoms. The van der Waals surface area contributed by atoms with Crippen LogP contribution in [0.4, 0.5) is 5.00 Å². The van der Waals surface area contributed by atoms with E-state index in [2.05, 4.69) is 12.0 Å². The number of aliphatic imine (C=N–C) groups is 1. The Morgan fingerprint density at radius 2 is 2.28 bits per heavy atom. The zero-order valence-electron chi connectivity index (χ0n) is 14.8. The number of esters is 1. The lowest BCUT2D eigenvalue weighted by Crippen LogP contribution is -3.08. The number of hydrogen-bond acceptors (Lipinski definition) is 5. The zero-order chi connectivity index (χ0) is 18.0. The van der Waals surface area contributed by atoms with E-state index in [9.17, 15) is 9.90 Å². The summed E-state index contributed by atoms with van der Waals surface area (Å²) in [5.41, 5.74) is 3.29. The summed E-state index contributed by atoms with van der Waals surface area (Å²) in [6.45, 7) is 5.97. The molecule has 0 saturated carbocycles. The van der Waals surface area contributed by atoms with Gasteiger partial charge >= 0.3 is 5.97 Å². The maximum Gasteiger partial charge on any atom is 0.341 e. The third-order valence-corrected chi connectivity index (χ3v) is 5.46. The number of fused-ring (bicyclic) bond motifs is 1. The minimum absolute atomic E-state index is 0.187. The van der Waals surface area contributed by atoms with Crippen LogP contribution in [0.5, 0.6) is 5.75 Å². The number of phenols is 1.